The summed E-state index contributed by atoms with van der Waals surface area (Å²) in [6, 6.07) is 10.1. The Morgan fingerprint density at radius 2 is 1.78 bits per heavy atom. The number of benzene rings is 1. The van der Waals surface area contributed by atoms with Crippen LogP contribution in [0.1, 0.15) is 99.0 Å². The Hall–Kier alpha value is -2.27. The first-order valence-corrected chi connectivity index (χ1v) is 15.9. The van der Waals surface area contributed by atoms with E-state index in [1.54, 1.807) is 0 Å². The zero-order valence-corrected chi connectivity index (χ0v) is 26.4. The highest BCUT2D eigenvalue weighted by molar-refractivity contribution is 5.94. The number of carbonyl (C=O) groups excluding carboxylic acids is 3. The highest BCUT2D eigenvalue weighted by Gasteiger charge is 2.58. The summed E-state index contributed by atoms with van der Waals surface area (Å²) in [4.78, 5) is 40.8. The van der Waals surface area contributed by atoms with Crippen LogP contribution < -0.4 is 0 Å². The van der Waals surface area contributed by atoms with Crippen LogP contribution in [0.3, 0.4) is 0 Å². The van der Waals surface area contributed by atoms with Gasteiger partial charge in [0.15, 0.2) is 11.9 Å². The molecule has 0 aromatic heterocycles. The van der Waals surface area contributed by atoms with E-state index in [0.29, 0.717) is 18.8 Å². The molecule has 0 heterocycles. The molecular weight excluding hydrogens is 512 g/mol. The molecule has 5 nitrogen and oxygen atoms in total. The number of hydrogen-bond donors (Lipinski definition) is 1. The van der Waals surface area contributed by atoms with Crippen LogP contribution in [0.15, 0.2) is 41.5 Å². The van der Waals surface area contributed by atoms with Gasteiger partial charge in [0, 0.05) is 31.3 Å². The first kappa shape index (κ1) is 31.7. The summed E-state index contributed by atoms with van der Waals surface area (Å²) in [6.07, 6.45) is 5.52. The molecule has 0 saturated heterocycles. The van der Waals surface area contributed by atoms with E-state index in [1.165, 1.54) is 6.92 Å². The van der Waals surface area contributed by atoms with Gasteiger partial charge in [0.25, 0.3) is 0 Å². The maximum absolute atomic E-state index is 14.7. The quantitative estimate of drug-likeness (QED) is 0.268. The molecule has 3 aliphatic rings. The lowest BCUT2D eigenvalue weighted by molar-refractivity contribution is -0.163. The summed E-state index contributed by atoms with van der Waals surface area (Å²) in [6.45, 7) is 14.2. The summed E-state index contributed by atoms with van der Waals surface area (Å²) in [5, 5.41) is 10.6. The average Bonchev–Trinajstić information content (AvgIpc) is 3.02. The van der Waals surface area contributed by atoms with E-state index in [4.69, 9.17) is 4.74 Å². The van der Waals surface area contributed by atoms with Crippen molar-refractivity contribution in [1.29, 1.82) is 0 Å². The number of Topliss-reactive ketones (excluding diaryl/α,β-unsaturated/α-hetero) is 2. The molecule has 1 aromatic rings. The van der Waals surface area contributed by atoms with E-state index < -0.39 is 17.5 Å². The first-order valence-electron chi connectivity index (χ1n) is 15.9. The predicted molar refractivity (Wildman–Crippen MR) is 162 cm³/mol. The lowest BCUT2D eigenvalue weighted by atomic mass is 9.50. The van der Waals surface area contributed by atoms with Gasteiger partial charge in [-0.2, -0.15) is 0 Å². The molecule has 226 valence electrons. The number of carbonyl (C=O) groups is 3. The minimum atomic E-state index is -0.951. The Balaban J connectivity index is 1.75. The van der Waals surface area contributed by atoms with Crippen LogP contribution >= 0.6 is 0 Å². The number of rotatable bonds is 8. The molecule has 1 aromatic carbocycles. The van der Waals surface area contributed by atoms with Crippen molar-refractivity contribution < 1.29 is 24.2 Å². The molecular formula is C36H52O5. The van der Waals surface area contributed by atoms with Crippen LogP contribution in [0, 0.1) is 46.3 Å². The molecule has 2 fully saturated rings. The summed E-state index contributed by atoms with van der Waals surface area (Å²) in [5.74, 6) is 0.424. The fourth-order valence-electron chi connectivity index (χ4n) is 8.89. The first-order chi connectivity index (χ1) is 19.3. The summed E-state index contributed by atoms with van der Waals surface area (Å²) in [5.41, 5.74) is 2.09. The predicted octanol–water partition coefficient (Wildman–Crippen LogP) is 7.15. The maximum atomic E-state index is 14.7. The lowest BCUT2D eigenvalue weighted by Gasteiger charge is -2.54. The molecule has 1 N–H and O–H groups in total. The molecule has 0 spiro atoms. The van der Waals surface area contributed by atoms with Gasteiger partial charge in [0.2, 0.25) is 0 Å². The van der Waals surface area contributed by atoms with Crippen molar-refractivity contribution >= 4 is 17.5 Å². The minimum Gasteiger partial charge on any atom is -0.450 e. The molecule has 4 rings (SSSR count). The topological polar surface area (TPSA) is 80.7 Å². The van der Waals surface area contributed by atoms with Crippen molar-refractivity contribution in [2.75, 3.05) is 6.61 Å². The second kappa shape index (κ2) is 12.5. The third-order valence-corrected chi connectivity index (χ3v) is 11.6. The molecule has 8 atom stereocenters. The van der Waals surface area contributed by atoms with Crippen molar-refractivity contribution in [3.05, 3.63) is 47.0 Å². The highest BCUT2D eigenvalue weighted by atomic mass is 16.5. The molecule has 41 heavy (non-hydrogen) atoms. The molecule has 2 saturated carbocycles. The molecule has 0 radical (unpaired) electrons. The van der Waals surface area contributed by atoms with Crippen LogP contribution in [-0.2, 0) is 25.5 Å². The third kappa shape index (κ3) is 6.12. The van der Waals surface area contributed by atoms with Gasteiger partial charge in [0.05, 0.1) is 0 Å². The molecule has 2 bridgehead atoms. The standard InChI is InChI=1S/C36H52O5/c1-8-26-16-17-36(7)30(29(26)21-37)20-28-15-14-27(19-31(39)22(2)18-25-12-10-9-11-13-25)23(3)32(35(28,5)6)33(34(36)40)41-24(4)38/h9-13,22,26-30,33,37H,8,14-21H2,1-7H3. The van der Waals surface area contributed by atoms with Crippen LogP contribution in [0.25, 0.3) is 0 Å². The Morgan fingerprint density at radius 1 is 1.10 bits per heavy atom. The smallest absolute Gasteiger partial charge is 0.303 e. The van der Waals surface area contributed by atoms with Gasteiger partial charge in [0.1, 0.15) is 5.78 Å². The fraction of sp³-hybridized carbons (Fsp3) is 0.694. The third-order valence-electron chi connectivity index (χ3n) is 11.6. The minimum absolute atomic E-state index is 0.0100. The zero-order valence-electron chi connectivity index (χ0n) is 26.4. The molecule has 0 amide bonds. The van der Waals surface area contributed by atoms with E-state index >= 15 is 0 Å². The number of aliphatic hydroxyl groups is 1. The Morgan fingerprint density at radius 3 is 2.39 bits per heavy atom. The van der Waals surface area contributed by atoms with Gasteiger partial charge >= 0.3 is 5.97 Å². The van der Waals surface area contributed by atoms with Gasteiger partial charge in [-0.15, -0.1) is 0 Å². The Kier molecular flexibility index (Phi) is 9.68. The van der Waals surface area contributed by atoms with Crippen LogP contribution in [0.4, 0.5) is 0 Å². The number of ketones is 2. The summed E-state index contributed by atoms with van der Waals surface area (Å²) < 4.78 is 6.01. The van der Waals surface area contributed by atoms with Crippen molar-refractivity contribution in [3.63, 3.8) is 0 Å². The molecule has 8 unspecified atom stereocenters. The normalized spacial score (nSPS) is 34.1. The Bertz CT molecular complexity index is 1150. The second-order valence-electron chi connectivity index (χ2n) is 14.2. The molecule has 3 aliphatic carbocycles. The molecule has 0 aliphatic heterocycles. The van der Waals surface area contributed by atoms with Crippen LogP contribution in [0.5, 0.6) is 0 Å². The van der Waals surface area contributed by atoms with Gasteiger partial charge in [-0.05, 0) is 91.6 Å². The van der Waals surface area contributed by atoms with Crippen molar-refractivity contribution in [2.24, 2.45) is 46.3 Å². The average molecular weight is 565 g/mol. The highest BCUT2D eigenvalue weighted by Crippen LogP contribution is 2.59. The van der Waals surface area contributed by atoms with Crippen molar-refractivity contribution in [2.45, 2.75) is 106 Å². The maximum Gasteiger partial charge on any atom is 0.303 e. The molecule has 5 heteroatoms. The fourth-order valence-corrected chi connectivity index (χ4v) is 8.89. The monoisotopic (exact) mass is 564 g/mol. The van der Waals surface area contributed by atoms with Crippen molar-refractivity contribution in [1.82, 2.24) is 0 Å². The summed E-state index contributed by atoms with van der Waals surface area (Å²) >= 11 is 0. The second-order valence-corrected chi connectivity index (χ2v) is 14.2. The number of fused-ring (bicyclic) bond motifs is 3. The van der Waals surface area contributed by atoms with E-state index in [0.717, 1.165) is 55.2 Å². The number of ether oxygens (including phenoxy) is 1. The van der Waals surface area contributed by atoms with Gasteiger partial charge in [-0.1, -0.05) is 76.9 Å². The SMILES string of the molecule is CCC1CCC2(C)C(=O)C(OC(C)=O)C3=C(C)C(CC(=O)C(C)Cc4ccccc4)CCC(CC2C1CO)C3(C)C. The van der Waals surface area contributed by atoms with Crippen LogP contribution in [0.2, 0.25) is 0 Å². The van der Waals surface area contributed by atoms with Gasteiger partial charge in [-0.3, -0.25) is 14.4 Å². The largest absolute Gasteiger partial charge is 0.450 e. The van der Waals surface area contributed by atoms with E-state index in [-0.39, 0.29) is 53.2 Å². The van der Waals surface area contributed by atoms with Gasteiger partial charge < -0.3 is 9.84 Å². The number of esters is 1. The van der Waals surface area contributed by atoms with E-state index in [2.05, 4.69) is 46.8 Å². The van der Waals surface area contributed by atoms with E-state index in [1.807, 2.05) is 25.1 Å². The van der Waals surface area contributed by atoms with E-state index in [9.17, 15) is 19.5 Å². The van der Waals surface area contributed by atoms with Crippen molar-refractivity contribution in [3.8, 4) is 0 Å². The summed E-state index contributed by atoms with van der Waals surface area (Å²) in [7, 11) is 0. The number of aliphatic hydroxyl groups excluding tert-OH is 1. The van der Waals surface area contributed by atoms with Gasteiger partial charge in [-0.25, -0.2) is 0 Å². The zero-order chi connectivity index (χ0) is 30.1. The van der Waals surface area contributed by atoms with Crippen LogP contribution in [-0.4, -0.2) is 35.4 Å². The number of allylic oxidation sites excluding steroid dienone is 1. The lowest BCUT2D eigenvalue weighted by Crippen LogP contribution is -2.56. The number of hydrogen-bond acceptors (Lipinski definition) is 5. The Labute approximate surface area is 247 Å².